The van der Waals surface area contributed by atoms with Gasteiger partial charge in [-0.25, -0.2) is 0 Å². The Hall–Kier alpha value is -2.91. The smallest absolute Gasteiger partial charge is 0.262 e. The molecular weight excluding hydrogens is 368 g/mol. The molecule has 2 heterocycles. The molecule has 0 saturated heterocycles. The molecule has 5 nitrogen and oxygen atoms in total. The van der Waals surface area contributed by atoms with Crippen molar-refractivity contribution in [3.63, 3.8) is 0 Å². The number of aromatic nitrogens is 2. The van der Waals surface area contributed by atoms with E-state index in [0.717, 1.165) is 26.5 Å². The minimum absolute atomic E-state index is 0.0553. The van der Waals surface area contributed by atoms with E-state index in [9.17, 15) is 10.1 Å². The van der Waals surface area contributed by atoms with Crippen molar-refractivity contribution in [2.24, 2.45) is 0 Å². The highest BCUT2D eigenvalue weighted by Gasteiger charge is 2.11. The second-order valence-electron chi connectivity index (χ2n) is 5.15. The molecule has 0 aliphatic heterocycles. The number of carbonyl (C=O) groups is 1. The molecule has 3 rings (SSSR count). The number of pyridine rings is 1. The molecule has 0 fully saturated rings. The summed E-state index contributed by atoms with van der Waals surface area (Å²) in [5.74, 6) is -0.411. The molecule has 3 aromatic rings. The van der Waals surface area contributed by atoms with Crippen molar-refractivity contribution in [2.45, 2.75) is 6.54 Å². The van der Waals surface area contributed by atoms with Gasteiger partial charge in [0.05, 0.1) is 0 Å². The third kappa shape index (κ3) is 3.53. The molecule has 0 unspecified atom stereocenters. The highest BCUT2D eigenvalue weighted by Crippen LogP contribution is 2.24. The molecule has 2 N–H and O–H groups in total. The first-order valence-electron chi connectivity index (χ1n) is 7.23. The molecule has 0 aliphatic rings. The second-order valence-corrected chi connectivity index (χ2v) is 6.06. The molecule has 6 heteroatoms. The number of amides is 1. The van der Waals surface area contributed by atoms with Crippen LogP contribution in [0.25, 0.3) is 17.0 Å². The number of H-pyrrole nitrogens is 1. The zero-order chi connectivity index (χ0) is 16.9. The summed E-state index contributed by atoms with van der Waals surface area (Å²) in [5, 5.41) is 13.0. The van der Waals surface area contributed by atoms with Gasteiger partial charge in [-0.2, -0.15) is 5.26 Å². The predicted octanol–water partition coefficient (Wildman–Crippen LogP) is 3.55. The average molecular weight is 381 g/mol. The van der Waals surface area contributed by atoms with Crippen molar-refractivity contribution in [1.82, 2.24) is 15.3 Å². The van der Waals surface area contributed by atoms with Crippen LogP contribution in [0.5, 0.6) is 0 Å². The maximum atomic E-state index is 12.2. The Morgan fingerprint density at radius 2 is 2.29 bits per heavy atom. The van der Waals surface area contributed by atoms with Gasteiger partial charge in [-0.15, -0.1) is 0 Å². The number of hydrogen-bond acceptors (Lipinski definition) is 3. The van der Waals surface area contributed by atoms with Gasteiger partial charge in [-0.05, 0) is 35.9 Å². The Bertz CT molecular complexity index is 954. The topological polar surface area (TPSA) is 81.6 Å². The van der Waals surface area contributed by atoms with Crippen molar-refractivity contribution in [3.8, 4) is 6.07 Å². The van der Waals surface area contributed by atoms with Crippen molar-refractivity contribution < 1.29 is 4.79 Å². The van der Waals surface area contributed by atoms with Crippen LogP contribution in [-0.2, 0) is 11.3 Å². The van der Waals surface area contributed by atoms with Crippen LogP contribution in [0.4, 0.5) is 0 Å². The van der Waals surface area contributed by atoms with Crippen LogP contribution >= 0.6 is 15.9 Å². The largest absolute Gasteiger partial charge is 0.361 e. The Labute approximate surface area is 147 Å². The van der Waals surface area contributed by atoms with Crippen molar-refractivity contribution in [3.05, 3.63) is 70.1 Å². The molecule has 24 heavy (non-hydrogen) atoms. The van der Waals surface area contributed by atoms with E-state index < -0.39 is 5.91 Å². The third-order valence-corrected chi connectivity index (χ3v) is 4.01. The fourth-order valence-electron chi connectivity index (χ4n) is 2.32. The molecule has 0 atom stereocenters. The summed E-state index contributed by atoms with van der Waals surface area (Å²) in [6.45, 7) is 0.325. The number of nitriles is 1. The first kappa shape index (κ1) is 16.0. The summed E-state index contributed by atoms with van der Waals surface area (Å²) in [7, 11) is 0. The number of carbonyl (C=O) groups excluding carboxylic acids is 1. The molecule has 0 aliphatic carbocycles. The van der Waals surface area contributed by atoms with Crippen molar-refractivity contribution in [1.29, 1.82) is 5.26 Å². The summed E-state index contributed by atoms with van der Waals surface area (Å²) in [6.07, 6.45) is 6.71. The van der Waals surface area contributed by atoms with Gasteiger partial charge in [0.1, 0.15) is 11.6 Å². The second kappa shape index (κ2) is 7.11. The fraction of sp³-hybridized carbons (Fsp3) is 0.0556. The summed E-state index contributed by atoms with van der Waals surface area (Å²) in [5.41, 5.74) is 2.66. The third-order valence-electron chi connectivity index (χ3n) is 3.52. The lowest BCUT2D eigenvalue weighted by molar-refractivity contribution is -0.117. The molecular formula is C18H13BrN4O. The summed E-state index contributed by atoms with van der Waals surface area (Å²) in [6, 6.07) is 11.4. The Kier molecular flexibility index (Phi) is 4.73. The maximum absolute atomic E-state index is 12.2. The van der Waals surface area contributed by atoms with Gasteiger partial charge >= 0.3 is 0 Å². The van der Waals surface area contributed by atoms with E-state index in [0.29, 0.717) is 6.54 Å². The molecule has 1 aromatic carbocycles. The van der Waals surface area contributed by atoms with E-state index in [1.54, 1.807) is 30.7 Å². The Morgan fingerprint density at radius 3 is 3.04 bits per heavy atom. The quantitative estimate of drug-likeness (QED) is 0.536. The lowest BCUT2D eigenvalue weighted by Crippen LogP contribution is -2.23. The highest BCUT2D eigenvalue weighted by molar-refractivity contribution is 9.10. The van der Waals surface area contributed by atoms with Crippen LogP contribution in [0.1, 0.15) is 11.1 Å². The molecule has 1 amide bonds. The SMILES string of the molecule is N#C/C(=C/c1c[nH]c2ccc(Br)cc12)C(=O)NCc1cccnc1. The van der Waals surface area contributed by atoms with Gasteiger partial charge in [0.2, 0.25) is 0 Å². The van der Waals surface area contributed by atoms with E-state index >= 15 is 0 Å². The average Bonchev–Trinajstić information content (AvgIpc) is 3.00. The highest BCUT2D eigenvalue weighted by atomic mass is 79.9. The number of hydrogen-bond donors (Lipinski definition) is 2. The monoisotopic (exact) mass is 380 g/mol. The van der Waals surface area contributed by atoms with E-state index in [1.165, 1.54) is 0 Å². The van der Waals surface area contributed by atoms with Gasteiger partial charge < -0.3 is 10.3 Å². The molecule has 0 spiro atoms. The Morgan fingerprint density at radius 1 is 1.42 bits per heavy atom. The van der Waals surface area contributed by atoms with Gasteiger partial charge in [-0.3, -0.25) is 9.78 Å². The van der Waals surface area contributed by atoms with Crippen molar-refractivity contribution in [2.75, 3.05) is 0 Å². The number of halogens is 1. The summed E-state index contributed by atoms with van der Waals surface area (Å²) < 4.78 is 0.934. The molecule has 0 radical (unpaired) electrons. The zero-order valence-electron chi connectivity index (χ0n) is 12.6. The van der Waals surface area contributed by atoms with Crippen LogP contribution in [-0.4, -0.2) is 15.9 Å². The number of aromatic amines is 1. The standard InChI is InChI=1S/C18H13BrN4O/c19-15-3-4-17-16(7-15)14(11-22-17)6-13(8-20)18(24)23-10-12-2-1-5-21-9-12/h1-7,9,11,22H,10H2,(H,23,24)/b13-6-. The van der Waals surface area contributed by atoms with E-state index in [-0.39, 0.29) is 5.57 Å². The van der Waals surface area contributed by atoms with Crippen LogP contribution in [0.3, 0.4) is 0 Å². The van der Waals surface area contributed by atoms with Crippen LogP contribution in [0, 0.1) is 11.3 Å². The zero-order valence-corrected chi connectivity index (χ0v) is 14.2. The first-order chi connectivity index (χ1) is 11.7. The van der Waals surface area contributed by atoms with Gasteiger partial charge in [0.25, 0.3) is 5.91 Å². The maximum Gasteiger partial charge on any atom is 0.262 e. The van der Waals surface area contributed by atoms with Crippen LogP contribution < -0.4 is 5.32 Å². The normalized spacial score (nSPS) is 11.2. The molecule has 0 bridgehead atoms. The van der Waals surface area contributed by atoms with Gasteiger partial charge in [0, 0.05) is 46.1 Å². The molecule has 2 aromatic heterocycles. The minimum atomic E-state index is -0.411. The Balaban J connectivity index is 1.82. The number of nitrogens with one attached hydrogen (secondary N) is 2. The van der Waals surface area contributed by atoms with Crippen LogP contribution in [0.15, 0.2) is 59.0 Å². The van der Waals surface area contributed by atoms with Crippen LogP contribution in [0.2, 0.25) is 0 Å². The van der Waals surface area contributed by atoms with E-state index in [1.807, 2.05) is 30.3 Å². The fourth-order valence-corrected chi connectivity index (χ4v) is 2.68. The van der Waals surface area contributed by atoms with Gasteiger partial charge in [0.15, 0.2) is 0 Å². The number of fused-ring (bicyclic) bond motifs is 1. The summed E-state index contributed by atoms with van der Waals surface area (Å²) in [4.78, 5) is 19.4. The minimum Gasteiger partial charge on any atom is -0.361 e. The predicted molar refractivity (Wildman–Crippen MR) is 95.7 cm³/mol. The number of benzene rings is 1. The number of nitrogens with zero attached hydrogens (tertiary/aromatic N) is 2. The number of rotatable bonds is 4. The molecule has 118 valence electrons. The van der Waals surface area contributed by atoms with Crippen molar-refractivity contribution >= 4 is 38.8 Å². The summed E-state index contributed by atoms with van der Waals surface area (Å²) >= 11 is 3.43. The first-order valence-corrected chi connectivity index (χ1v) is 8.02. The van der Waals surface area contributed by atoms with Gasteiger partial charge in [-0.1, -0.05) is 22.0 Å². The molecule has 0 saturated carbocycles. The lowest BCUT2D eigenvalue weighted by atomic mass is 10.1. The van der Waals surface area contributed by atoms with E-state index in [4.69, 9.17) is 0 Å². The van der Waals surface area contributed by atoms with E-state index in [2.05, 4.69) is 31.2 Å². The lowest BCUT2D eigenvalue weighted by Gasteiger charge is -2.04.